The SMILES string of the molecule is COc1ccc(S(=O)(=O)NC(CC(C)C)C(=O)Nc2cc(OC)c(OC)c(OC)c2)cc1. The lowest BCUT2D eigenvalue weighted by Crippen LogP contribution is -2.44. The fourth-order valence-electron chi connectivity index (χ4n) is 3.07. The molecule has 0 fully saturated rings. The van der Waals surface area contributed by atoms with Crippen molar-refractivity contribution < 1.29 is 32.2 Å². The molecule has 1 unspecified atom stereocenters. The number of ether oxygens (including phenoxy) is 4. The average molecular weight is 467 g/mol. The quantitative estimate of drug-likeness (QED) is 0.523. The average Bonchev–Trinajstić information content (AvgIpc) is 2.77. The third-order valence-corrected chi connectivity index (χ3v) is 6.11. The van der Waals surface area contributed by atoms with Gasteiger partial charge in [0.1, 0.15) is 11.8 Å². The molecule has 32 heavy (non-hydrogen) atoms. The van der Waals surface area contributed by atoms with Gasteiger partial charge in [-0.2, -0.15) is 4.72 Å². The lowest BCUT2D eigenvalue weighted by Gasteiger charge is -2.21. The van der Waals surface area contributed by atoms with Crippen LogP contribution < -0.4 is 29.0 Å². The van der Waals surface area contributed by atoms with E-state index in [1.54, 1.807) is 24.3 Å². The van der Waals surface area contributed by atoms with E-state index in [4.69, 9.17) is 18.9 Å². The van der Waals surface area contributed by atoms with Crippen LogP contribution in [-0.2, 0) is 14.8 Å². The highest BCUT2D eigenvalue weighted by atomic mass is 32.2. The van der Waals surface area contributed by atoms with Crippen molar-refractivity contribution in [3.63, 3.8) is 0 Å². The highest BCUT2D eigenvalue weighted by Gasteiger charge is 2.27. The van der Waals surface area contributed by atoms with Crippen molar-refractivity contribution in [2.45, 2.75) is 31.2 Å². The summed E-state index contributed by atoms with van der Waals surface area (Å²) in [6.45, 7) is 3.81. The minimum atomic E-state index is -3.94. The Balaban J connectivity index is 2.30. The van der Waals surface area contributed by atoms with Crippen molar-refractivity contribution >= 4 is 21.6 Å². The molecule has 2 rings (SSSR count). The van der Waals surface area contributed by atoms with Gasteiger partial charge in [-0.05, 0) is 36.6 Å². The highest BCUT2D eigenvalue weighted by Crippen LogP contribution is 2.40. The monoisotopic (exact) mass is 466 g/mol. The van der Waals surface area contributed by atoms with E-state index in [1.165, 1.54) is 40.6 Å². The lowest BCUT2D eigenvalue weighted by atomic mass is 10.0. The van der Waals surface area contributed by atoms with Crippen molar-refractivity contribution in [3.05, 3.63) is 36.4 Å². The third-order valence-electron chi connectivity index (χ3n) is 4.62. The Kier molecular flexibility index (Phi) is 8.73. The Morgan fingerprint density at radius 3 is 1.91 bits per heavy atom. The molecule has 2 aromatic rings. The fourth-order valence-corrected chi connectivity index (χ4v) is 4.28. The van der Waals surface area contributed by atoms with E-state index in [0.29, 0.717) is 35.1 Å². The van der Waals surface area contributed by atoms with Crippen molar-refractivity contribution in [1.82, 2.24) is 4.72 Å². The Hall–Kier alpha value is -2.98. The standard InChI is InChI=1S/C22H30N2O7S/c1-14(2)11-18(24-32(26,27)17-9-7-16(28-3)8-10-17)22(25)23-15-12-19(29-4)21(31-6)20(13-15)30-5/h7-10,12-14,18,24H,11H2,1-6H3,(H,23,25). The van der Waals surface area contributed by atoms with Gasteiger partial charge in [0.2, 0.25) is 21.7 Å². The highest BCUT2D eigenvalue weighted by molar-refractivity contribution is 7.89. The number of carbonyl (C=O) groups is 1. The first-order chi connectivity index (χ1) is 15.1. The molecule has 0 aliphatic heterocycles. The molecule has 0 saturated heterocycles. The summed E-state index contributed by atoms with van der Waals surface area (Å²) in [4.78, 5) is 13.1. The molecule has 0 radical (unpaired) electrons. The maximum absolute atomic E-state index is 13.0. The van der Waals surface area contributed by atoms with Gasteiger partial charge in [0.05, 0.1) is 33.3 Å². The molecule has 0 aliphatic rings. The molecule has 1 amide bonds. The summed E-state index contributed by atoms with van der Waals surface area (Å²) in [6, 6.07) is 8.08. The van der Waals surface area contributed by atoms with Crippen LogP contribution in [0.25, 0.3) is 0 Å². The summed E-state index contributed by atoms with van der Waals surface area (Å²) in [6.07, 6.45) is 0.297. The van der Waals surface area contributed by atoms with Crippen LogP contribution in [0.1, 0.15) is 20.3 Å². The summed E-state index contributed by atoms with van der Waals surface area (Å²) in [5.74, 6) is 1.19. The zero-order chi connectivity index (χ0) is 23.9. The van der Waals surface area contributed by atoms with Crippen molar-refractivity contribution in [2.75, 3.05) is 33.8 Å². The van der Waals surface area contributed by atoms with E-state index in [1.807, 2.05) is 13.8 Å². The van der Waals surface area contributed by atoms with Gasteiger partial charge in [-0.1, -0.05) is 13.8 Å². The number of rotatable bonds is 11. The number of hydrogen-bond donors (Lipinski definition) is 2. The maximum Gasteiger partial charge on any atom is 0.242 e. The Morgan fingerprint density at radius 2 is 1.47 bits per heavy atom. The van der Waals surface area contributed by atoms with Gasteiger partial charge in [0.15, 0.2) is 11.5 Å². The predicted octanol–water partition coefficient (Wildman–Crippen LogP) is 3.05. The van der Waals surface area contributed by atoms with Crippen LogP contribution >= 0.6 is 0 Å². The van der Waals surface area contributed by atoms with E-state index in [-0.39, 0.29) is 10.8 Å². The molecule has 0 aliphatic carbocycles. The number of amides is 1. The van der Waals surface area contributed by atoms with Gasteiger partial charge in [-0.25, -0.2) is 8.42 Å². The smallest absolute Gasteiger partial charge is 0.242 e. The molecule has 2 aromatic carbocycles. The van der Waals surface area contributed by atoms with Gasteiger partial charge in [-0.15, -0.1) is 0 Å². The first-order valence-electron chi connectivity index (χ1n) is 9.92. The largest absolute Gasteiger partial charge is 0.497 e. The fraction of sp³-hybridized carbons (Fsp3) is 0.409. The van der Waals surface area contributed by atoms with E-state index in [2.05, 4.69) is 10.0 Å². The Bertz CT molecular complexity index is 996. The van der Waals surface area contributed by atoms with Gasteiger partial charge < -0.3 is 24.3 Å². The summed E-state index contributed by atoms with van der Waals surface area (Å²) in [5.41, 5.74) is 0.377. The van der Waals surface area contributed by atoms with Gasteiger partial charge >= 0.3 is 0 Å². The molecular formula is C22H30N2O7S. The Morgan fingerprint density at radius 1 is 0.906 bits per heavy atom. The minimum Gasteiger partial charge on any atom is -0.497 e. The number of methoxy groups -OCH3 is 4. The van der Waals surface area contributed by atoms with E-state index in [0.717, 1.165) is 0 Å². The lowest BCUT2D eigenvalue weighted by molar-refractivity contribution is -0.118. The van der Waals surface area contributed by atoms with Crippen molar-refractivity contribution in [2.24, 2.45) is 5.92 Å². The first kappa shape index (κ1) is 25.3. The molecule has 2 N–H and O–H groups in total. The second-order valence-electron chi connectivity index (χ2n) is 7.38. The van der Waals surface area contributed by atoms with Crippen LogP contribution in [0.2, 0.25) is 0 Å². The zero-order valence-electron chi connectivity index (χ0n) is 19.1. The van der Waals surface area contributed by atoms with E-state index in [9.17, 15) is 13.2 Å². The minimum absolute atomic E-state index is 0.0349. The molecule has 9 nitrogen and oxygen atoms in total. The Labute approximate surface area is 189 Å². The molecule has 10 heteroatoms. The normalized spacial score (nSPS) is 12.2. The van der Waals surface area contributed by atoms with Crippen LogP contribution in [0.4, 0.5) is 5.69 Å². The van der Waals surface area contributed by atoms with Gasteiger partial charge in [-0.3, -0.25) is 4.79 Å². The van der Waals surface area contributed by atoms with Crippen molar-refractivity contribution in [3.8, 4) is 23.0 Å². The maximum atomic E-state index is 13.0. The third kappa shape index (κ3) is 6.27. The van der Waals surface area contributed by atoms with Crippen LogP contribution in [0, 0.1) is 5.92 Å². The number of benzene rings is 2. The first-order valence-corrected chi connectivity index (χ1v) is 11.4. The number of hydrogen-bond acceptors (Lipinski definition) is 7. The zero-order valence-corrected chi connectivity index (χ0v) is 19.9. The number of sulfonamides is 1. The summed E-state index contributed by atoms with van der Waals surface area (Å²) < 4.78 is 49.2. The molecule has 0 saturated carbocycles. The molecule has 1 atom stereocenters. The van der Waals surface area contributed by atoms with Crippen LogP contribution in [0.5, 0.6) is 23.0 Å². The second kappa shape index (κ2) is 11.1. The number of anilines is 1. The van der Waals surface area contributed by atoms with Gasteiger partial charge in [0, 0.05) is 17.8 Å². The summed E-state index contributed by atoms with van der Waals surface area (Å²) >= 11 is 0. The molecule has 176 valence electrons. The molecule has 0 spiro atoms. The van der Waals surface area contributed by atoms with E-state index < -0.39 is 22.0 Å². The second-order valence-corrected chi connectivity index (χ2v) is 9.10. The summed E-state index contributed by atoms with van der Waals surface area (Å²) in [7, 11) is 1.96. The molecule has 0 heterocycles. The number of nitrogens with one attached hydrogen (secondary N) is 2. The number of carbonyl (C=O) groups excluding carboxylic acids is 1. The molecule has 0 aromatic heterocycles. The van der Waals surface area contributed by atoms with Gasteiger partial charge in [0.25, 0.3) is 0 Å². The predicted molar refractivity (Wildman–Crippen MR) is 121 cm³/mol. The molecule has 0 bridgehead atoms. The topological polar surface area (TPSA) is 112 Å². The molecular weight excluding hydrogens is 436 g/mol. The van der Waals surface area contributed by atoms with Crippen molar-refractivity contribution in [1.29, 1.82) is 0 Å². The summed E-state index contributed by atoms with van der Waals surface area (Å²) in [5, 5.41) is 2.74. The van der Waals surface area contributed by atoms with Crippen LogP contribution in [-0.4, -0.2) is 48.8 Å². The van der Waals surface area contributed by atoms with Crippen LogP contribution in [0.3, 0.4) is 0 Å². The van der Waals surface area contributed by atoms with E-state index >= 15 is 0 Å². The van der Waals surface area contributed by atoms with Crippen LogP contribution in [0.15, 0.2) is 41.3 Å².